The van der Waals surface area contributed by atoms with Gasteiger partial charge < -0.3 is 15.8 Å². The highest BCUT2D eigenvalue weighted by Gasteiger charge is 2.05. The van der Waals surface area contributed by atoms with Gasteiger partial charge in [0.05, 0.1) is 12.1 Å². The quantitative estimate of drug-likeness (QED) is 0.689. The Hall–Kier alpha value is -1.63. The van der Waals surface area contributed by atoms with Crippen LogP contribution in [0.1, 0.15) is 10.5 Å². The van der Waals surface area contributed by atoms with E-state index in [4.69, 9.17) is 5.73 Å². The van der Waals surface area contributed by atoms with Gasteiger partial charge in [0.2, 0.25) is 0 Å². The number of hydrogen-bond donors (Lipinski definition) is 2. The van der Waals surface area contributed by atoms with Crippen molar-refractivity contribution >= 4 is 23.3 Å². The van der Waals surface area contributed by atoms with E-state index in [1.165, 1.54) is 11.3 Å². The molecule has 6 nitrogen and oxygen atoms in total. The molecule has 0 radical (unpaired) electrons. The van der Waals surface area contributed by atoms with Gasteiger partial charge in [0.25, 0.3) is 5.91 Å². The van der Waals surface area contributed by atoms with Crippen LogP contribution < -0.4 is 11.1 Å². The molecule has 76 valence electrons. The van der Waals surface area contributed by atoms with Crippen LogP contribution in [0.15, 0.2) is 10.9 Å². The lowest BCUT2D eigenvalue weighted by Crippen LogP contribution is -2.29. The first-order chi connectivity index (χ1) is 6.70. The van der Waals surface area contributed by atoms with Crippen molar-refractivity contribution in [2.75, 3.05) is 13.2 Å². The van der Waals surface area contributed by atoms with E-state index in [0.29, 0.717) is 5.69 Å². The number of ether oxygens (including phenoxy) is 1. The molecule has 3 N–H and O–H groups in total. The number of nitrogens with one attached hydrogen (secondary N) is 1. The van der Waals surface area contributed by atoms with Crippen LogP contribution in [0.3, 0.4) is 0 Å². The topological polar surface area (TPSA) is 94.3 Å². The molecule has 0 atom stereocenters. The first-order valence-corrected chi connectivity index (χ1v) is 4.73. The van der Waals surface area contributed by atoms with Crippen LogP contribution in [0.5, 0.6) is 0 Å². The van der Waals surface area contributed by atoms with Gasteiger partial charge in [0.15, 0.2) is 0 Å². The Morgan fingerprint density at radius 1 is 1.64 bits per heavy atom. The van der Waals surface area contributed by atoms with Gasteiger partial charge in [0, 0.05) is 5.38 Å². The van der Waals surface area contributed by atoms with Crippen molar-refractivity contribution in [3.8, 4) is 0 Å². The Labute approximate surface area is 84.1 Å². The van der Waals surface area contributed by atoms with Gasteiger partial charge in [-0.2, -0.15) is 0 Å². The van der Waals surface area contributed by atoms with Gasteiger partial charge in [0.1, 0.15) is 12.3 Å². The molecular weight excluding hydrogens is 206 g/mol. The molecular formula is C7H9N3O3S. The zero-order valence-corrected chi connectivity index (χ0v) is 8.04. The highest BCUT2D eigenvalue weighted by molar-refractivity contribution is 7.07. The molecule has 1 rings (SSSR count). The lowest BCUT2D eigenvalue weighted by Gasteiger charge is -2.02. The average molecular weight is 215 g/mol. The second kappa shape index (κ2) is 5.18. The molecule has 0 aliphatic heterocycles. The molecule has 0 fully saturated rings. The summed E-state index contributed by atoms with van der Waals surface area (Å²) in [5.74, 6) is -0.292. The summed E-state index contributed by atoms with van der Waals surface area (Å²) in [6.45, 7) is 0.282. The summed E-state index contributed by atoms with van der Waals surface area (Å²) < 4.78 is 4.42. The molecule has 0 unspecified atom stereocenters. The standard InChI is InChI=1S/C7H9N3O3S/c8-7(12)13-2-1-9-6(11)5-3-14-4-10-5/h3-4H,1-2H2,(H2,8,12)(H,9,11). The molecule has 1 heterocycles. The maximum absolute atomic E-state index is 11.2. The Morgan fingerprint density at radius 2 is 2.43 bits per heavy atom. The van der Waals surface area contributed by atoms with Crippen LogP contribution in [0.25, 0.3) is 0 Å². The minimum Gasteiger partial charge on any atom is -0.448 e. The first-order valence-electron chi connectivity index (χ1n) is 3.79. The van der Waals surface area contributed by atoms with Crippen LogP contribution in [0.4, 0.5) is 4.79 Å². The number of primary amides is 1. The van der Waals surface area contributed by atoms with Crippen molar-refractivity contribution in [3.05, 3.63) is 16.6 Å². The summed E-state index contributed by atoms with van der Waals surface area (Å²) in [5, 5.41) is 4.14. The second-order valence-electron chi connectivity index (χ2n) is 2.30. The smallest absolute Gasteiger partial charge is 0.404 e. The molecule has 0 aromatic carbocycles. The molecule has 14 heavy (non-hydrogen) atoms. The van der Waals surface area contributed by atoms with Crippen molar-refractivity contribution in [1.29, 1.82) is 0 Å². The van der Waals surface area contributed by atoms with E-state index >= 15 is 0 Å². The van der Waals surface area contributed by atoms with E-state index in [9.17, 15) is 9.59 Å². The van der Waals surface area contributed by atoms with Crippen molar-refractivity contribution in [2.45, 2.75) is 0 Å². The van der Waals surface area contributed by atoms with E-state index in [1.54, 1.807) is 10.9 Å². The third kappa shape index (κ3) is 3.40. The number of carbonyl (C=O) groups excluding carboxylic acids is 2. The molecule has 1 aromatic heterocycles. The molecule has 0 spiro atoms. The van der Waals surface area contributed by atoms with Crippen LogP contribution in [-0.2, 0) is 4.74 Å². The molecule has 0 saturated carbocycles. The fourth-order valence-electron chi connectivity index (χ4n) is 0.731. The third-order valence-corrected chi connectivity index (χ3v) is 1.88. The van der Waals surface area contributed by atoms with E-state index in [-0.39, 0.29) is 19.1 Å². The lowest BCUT2D eigenvalue weighted by atomic mass is 10.4. The minimum atomic E-state index is -0.854. The van der Waals surface area contributed by atoms with E-state index < -0.39 is 6.09 Å². The van der Waals surface area contributed by atoms with E-state index in [1.807, 2.05) is 0 Å². The normalized spacial score (nSPS) is 9.43. The van der Waals surface area contributed by atoms with Gasteiger partial charge >= 0.3 is 6.09 Å². The Morgan fingerprint density at radius 3 is 3.00 bits per heavy atom. The molecule has 0 aliphatic rings. The molecule has 0 bridgehead atoms. The Kier molecular flexibility index (Phi) is 3.86. The second-order valence-corrected chi connectivity index (χ2v) is 3.02. The number of carbonyl (C=O) groups is 2. The van der Waals surface area contributed by atoms with E-state index in [2.05, 4.69) is 15.0 Å². The van der Waals surface area contributed by atoms with Crippen molar-refractivity contribution in [1.82, 2.24) is 10.3 Å². The fourth-order valence-corrected chi connectivity index (χ4v) is 1.26. The highest BCUT2D eigenvalue weighted by atomic mass is 32.1. The van der Waals surface area contributed by atoms with Crippen LogP contribution in [0, 0.1) is 0 Å². The molecule has 7 heteroatoms. The summed E-state index contributed by atoms with van der Waals surface area (Å²) in [6.07, 6.45) is -0.854. The molecule has 1 aromatic rings. The van der Waals surface area contributed by atoms with Gasteiger partial charge in [-0.3, -0.25) is 4.79 Å². The van der Waals surface area contributed by atoms with Crippen molar-refractivity contribution < 1.29 is 14.3 Å². The maximum Gasteiger partial charge on any atom is 0.404 e. The monoisotopic (exact) mass is 215 g/mol. The molecule has 0 saturated heterocycles. The zero-order chi connectivity index (χ0) is 10.4. The number of rotatable bonds is 4. The number of amides is 2. The fraction of sp³-hybridized carbons (Fsp3) is 0.286. The largest absolute Gasteiger partial charge is 0.448 e. The summed E-state index contributed by atoms with van der Waals surface area (Å²) in [5.41, 5.74) is 6.64. The molecule has 0 aliphatic carbocycles. The molecule has 2 amide bonds. The minimum absolute atomic E-state index is 0.0607. The number of nitrogens with two attached hydrogens (primary N) is 1. The Bertz CT molecular complexity index is 312. The lowest BCUT2D eigenvalue weighted by molar-refractivity contribution is 0.0932. The SMILES string of the molecule is NC(=O)OCCNC(=O)c1cscn1. The summed E-state index contributed by atoms with van der Waals surface area (Å²) in [6, 6.07) is 0. The summed E-state index contributed by atoms with van der Waals surface area (Å²) >= 11 is 1.33. The number of nitrogens with zero attached hydrogens (tertiary/aromatic N) is 1. The van der Waals surface area contributed by atoms with Crippen molar-refractivity contribution in [3.63, 3.8) is 0 Å². The maximum atomic E-state index is 11.2. The first kappa shape index (κ1) is 10.5. The number of hydrogen-bond acceptors (Lipinski definition) is 5. The van der Waals surface area contributed by atoms with Gasteiger partial charge in [-0.1, -0.05) is 0 Å². The van der Waals surface area contributed by atoms with Crippen LogP contribution in [0.2, 0.25) is 0 Å². The third-order valence-electron chi connectivity index (χ3n) is 1.30. The predicted molar refractivity (Wildman–Crippen MR) is 50.0 cm³/mol. The summed E-state index contributed by atoms with van der Waals surface area (Å²) in [7, 11) is 0. The predicted octanol–water partition coefficient (Wildman–Crippen LogP) is -0.0318. The number of aromatic nitrogens is 1. The average Bonchev–Trinajstić information content (AvgIpc) is 2.64. The van der Waals surface area contributed by atoms with Gasteiger partial charge in [-0.15, -0.1) is 11.3 Å². The van der Waals surface area contributed by atoms with Gasteiger partial charge in [-0.05, 0) is 0 Å². The Balaban J connectivity index is 2.19. The van der Waals surface area contributed by atoms with Crippen LogP contribution >= 0.6 is 11.3 Å². The number of thiazole rings is 1. The van der Waals surface area contributed by atoms with E-state index in [0.717, 1.165) is 0 Å². The summed E-state index contributed by atoms with van der Waals surface area (Å²) in [4.78, 5) is 25.2. The zero-order valence-electron chi connectivity index (χ0n) is 7.23. The van der Waals surface area contributed by atoms with Crippen LogP contribution in [-0.4, -0.2) is 30.1 Å². The van der Waals surface area contributed by atoms with Crippen molar-refractivity contribution in [2.24, 2.45) is 5.73 Å². The van der Waals surface area contributed by atoms with Gasteiger partial charge in [-0.25, -0.2) is 9.78 Å². The highest BCUT2D eigenvalue weighted by Crippen LogP contribution is 1.99.